The number of anilines is 3. The lowest BCUT2D eigenvalue weighted by atomic mass is 9.82. The number of hydrogen-bond acceptors (Lipinski definition) is 2. The van der Waals surface area contributed by atoms with Crippen LogP contribution < -0.4 is 4.90 Å². The van der Waals surface area contributed by atoms with Gasteiger partial charge in [0.1, 0.15) is 0 Å². The highest BCUT2D eigenvalue weighted by atomic mass is 32.1. The van der Waals surface area contributed by atoms with Crippen LogP contribution in [0.4, 0.5) is 17.1 Å². The van der Waals surface area contributed by atoms with E-state index in [-0.39, 0.29) is 5.41 Å². The monoisotopic (exact) mass is 719 g/mol. The van der Waals surface area contributed by atoms with Gasteiger partial charge in [0.2, 0.25) is 0 Å². The van der Waals surface area contributed by atoms with E-state index in [1.807, 2.05) is 11.3 Å². The summed E-state index contributed by atoms with van der Waals surface area (Å²) < 4.78 is 2.68. The summed E-state index contributed by atoms with van der Waals surface area (Å²) in [4.78, 5) is 2.46. The summed E-state index contributed by atoms with van der Waals surface area (Å²) in [6, 6.07) is 69.6. The summed E-state index contributed by atoms with van der Waals surface area (Å²) in [7, 11) is 0. The first-order chi connectivity index (χ1) is 27.0. The molecule has 0 bridgehead atoms. The minimum atomic E-state index is -0.0586. The molecule has 0 atom stereocenters. The average Bonchev–Trinajstić information content (AvgIpc) is 3.74. The van der Waals surface area contributed by atoms with Gasteiger partial charge in [-0.2, -0.15) is 0 Å². The van der Waals surface area contributed by atoms with Gasteiger partial charge in [-0.3, -0.25) is 0 Å². The van der Waals surface area contributed by atoms with Gasteiger partial charge in [0.25, 0.3) is 0 Å². The molecule has 0 radical (unpaired) electrons. The normalized spacial score (nSPS) is 13.1. The highest BCUT2D eigenvalue weighted by Crippen LogP contribution is 2.52. The molecule has 2 heteroatoms. The maximum absolute atomic E-state index is 2.46. The van der Waals surface area contributed by atoms with Crippen molar-refractivity contribution in [2.45, 2.75) is 19.3 Å². The van der Waals surface area contributed by atoms with Gasteiger partial charge in [-0.15, -0.1) is 11.3 Å². The predicted octanol–water partition coefficient (Wildman–Crippen LogP) is 15.5. The third-order valence-electron chi connectivity index (χ3n) is 11.9. The second-order valence-electron chi connectivity index (χ2n) is 15.3. The van der Waals surface area contributed by atoms with E-state index in [4.69, 9.17) is 0 Å². The second kappa shape index (κ2) is 12.3. The average molecular weight is 720 g/mol. The molecule has 0 spiro atoms. The van der Waals surface area contributed by atoms with E-state index in [0.29, 0.717) is 0 Å². The molecule has 9 aromatic carbocycles. The van der Waals surface area contributed by atoms with Crippen LogP contribution in [0.3, 0.4) is 0 Å². The van der Waals surface area contributed by atoms with Crippen LogP contribution in [0.25, 0.3) is 75.1 Å². The van der Waals surface area contributed by atoms with E-state index >= 15 is 0 Å². The molecule has 1 heterocycles. The summed E-state index contributed by atoms with van der Waals surface area (Å²) in [5.74, 6) is 0. The zero-order valence-corrected chi connectivity index (χ0v) is 31.6. The number of hydrogen-bond donors (Lipinski definition) is 0. The summed E-state index contributed by atoms with van der Waals surface area (Å²) in [5.41, 5.74) is 13.7. The SMILES string of the molecule is CC1(C)c2ccccc2-c2cc(N(c3ccc(-c4cccc5sc6c7ccccc7ccc6c45)cc3)c3ccccc3-c3cccc4ccccc34)ccc21. The van der Waals surface area contributed by atoms with Crippen LogP contribution in [0.1, 0.15) is 25.0 Å². The van der Waals surface area contributed by atoms with Crippen molar-refractivity contribution in [1.29, 1.82) is 0 Å². The standard InChI is InChI=1S/C53H37NS/c1-53(2)47-22-9-7-18-43(47)46-33-38(30-32-48(46)53)54(49-23-10-8-19-44(49)42-21-11-15-34-13-3-5-16-39(34)42)37-28-25-36(26-29-37)40-20-12-24-50-51(40)45-31-27-35-14-4-6-17-41(35)52(45)55-50/h3-33H,1-2H3. The molecule has 0 aliphatic heterocycles. The van der Waals surface area contributed by atoms with Crippen LogP contribution in [0.15, 0.2) is 188 Å². The van der Waals surface area contributed by atoms with Crippen LogP contribution in [0.2, 0.25) is 0 Å². The molecule has 0 saturated heterocycles. The number of thiophene rings is 1. The van der Waals surface area contributed by atoms with Crippen molar-refractivity contribution >= 4 is 70.1 Å². The van der Waals surface area contributed by atoms with Crippen molar-refractivity contribution in [3.8, 4) is 33.4 Å². The Morgan fingerprint density at radius 3 is 1.89 bits per heavy atom. The zero-order valence-electron chi connectivity index (χ0n) is 30.8. The Kier molecular flexibility index (Phi) is 7.14. The Hall–Kier alpha value is -6.48. The molecule has 1 nitrogen and oxygen atoms in total. The van der Waals surface area contributed by atoms with E-state index in [1.165, 1.54) is 86.2 Å². The van der Waals surface area contributed by atoms with E-state index in [1.54, 1.807) is 0 Å². The lowest BCUT2D eigenvalue weighted by Gasteiger charge is -2.29. The van der Waals surface area contributed by atoms with Gasteiger partial charge in [0.05, 0.1) is 5.69 Å². The molecule has 1 aliphatic carbocycles. The lowest BCUT2D eigenvalue weighted by molar-refractivity contribution is 0.660. The van der Waals surface area contributed by atoms with Crippen molar-refractivity contribution in [2.24, 2.45) is 0 Å². The Labute approximate surface area is 325 Å². The fourth-order valence-electron chi connectivity index (χ4n) is 9.22. The van der Waals surface area contributed by atoms with Gasteiger partial charge in [-0.1, -0.05) is 166 Å². The van der Waals surface area contributed by atoms with Crippen LogP contribution >= 0.6 is 11.3 Å². The Morgan fingerprint density at radius 1 is 0.418 bits per heavy atom. The van der Waals surface area contributed by atoms with Crippen LogP contribution in [-0.4, -0.2) is 0 Å². The number of rotatable bonds is 5. The summed E-state index contributed by atoms with van der Waals surface area (Å²) in [6.07, 6.45) is 0. The van der Waals surface area contributed by atoms with Gasteiger partial charge in [-0.25, -0.2) is 0 Å². The van der Waals surface area contributed by atoms with Crippen LogP contribution in [-0.2, 0) is 5.41 Å². The maximum Gasteiger partial charge on any atom is 0.0540 e. The van der Waals surface area contributed by atoms with Crippen molar-refractivity contribution in [1.82, 2.24) is 0 Å². The number of benzene rings is 9. The number of para-hydroxylation sites is 1. The van der Waals surface area contributed by atoms with E-state index in [0.717, 1.165) is 17.1 Å². The van der Waals surface area contributed by atoms with Crippen molar-refractivity contribution in [3.63, 3.8) is 0 Å². The minimum Gasteiger partial charge on any atom is -0.310 e. The first-order valence-corrected chi connectivity index (χ1v) is 19.9. The minimum absolute atomic E-state index is 0.0586. The third kappa shape index (κ3) is 4.92. The van der Waals surface area contributed by atoms with Crippen molar-refractivity contribution < 1.29 is 0 Å². The Balaban J connectivity index is 1.10. The summed E-state index contributed by atoms with van der Waals surface area (Å²) >= 11 is 1.90. The first kappa shape index (κ1) is 32.0. The molecule has 11 rings (SSSR count). The fourth-order valence-corrected chi connectivity index (χ4v) is 10.5. The molecule has 0 fully saturated rings. The highest BCUT2D eigenvalue weighted by molar-refractivity contribution is 7.26. The lowest BCUT2D eigenvalue weighted by Crippen LogP contribution is -2.15. The highest BCUT2D eigenvalue weighted by Gasteiger charge is 2.35. The molecule has 55 heavy (non-hydrogen) atoms. The second-order valence-corrected chi connectivity index (χ2v) is 16.3. The molecule has 1 aromatic heterocycles. The van der Waals surface area contributed by atoms with E-state index < -0.39 is 0 Å². The Bertz CT molecular complexity index is 3120. The molecule has 0 amide bonds. The van der Waals surface area contributed by atoms with Crippen LogP contribution in [0.5, 0.6) is 0 Å². The largest absolute Gasteiger partial charge is 0.310 e. The van der Waals surface area contributed by atoms with Crippen molar-refractivity contribution in [3.05, 3.63) is 199 Å². The summed E-state index contributed by atoms with van der Waals surface area (Å²) in [5, 5.41) is 7.76. The smallest absolute Gasteiger partial charge is 0.0540 e. The van der Waals surface area contributed by atoms with E-state index in [2.05, 4.69) is 207 Å². The fraction of sp³-hybridized carbons (Fsp3) is 0.0566. The molecule has 0 saturated carbocycles. The molecule has 10 aromatic rings. The molecule has 1 aliphatic rings. The quantitative estimate of drug-likeness (QED) is 0.171. The molecular formula is C53H37NS. The van der Waals surface area contributed by atoms with Gasteiger partial charge in [-0.05, 0) is 96.9 Å². The van der Waals surface area contributed by atoms with Crippen molar-refractivity contribution in [2.75, 3.05) is 4.90 Å². The third-order valence-corrected chi connectivity index (χ3v) is 13.1. The zero-order chi connectivity index (χ0) is 36.7. The molecule has 260 valence electrons. The number of nitrogens with zero attached hydrogens (tertiary/aromatic N) is 1. The van der Waals surface area contributed by atoms with Gasteiger partial charge < -0.3 is 4.90 Å². The number of fused-ring (bicyclic) bond motifs is 9. The predicted molar refractivity (Wildman–Crippen MR) is 237 cm³/mol. The van der Waals surface area contributed by atoms with Gasteiger partial charge in [0.15, 0.2) is 0 Å². The summed E-state index contributed by atoms with van der Waals surface area (Å²) in [6.45, 7) is 4.70. The van der Waals surface area contributed by atoms with Crippen LogP contribution in [0, 0.1) is 0 Å². The molecule has 0 unspecified atom stereocenters. The first-order valence-electron chi connectivity index (χ1n) is 19.1. The Morgan fingerprint density at radius 2 is 1.04 bits per heavy atom. The van der Waals surface area contributed by atoms with Gasteiger partial charge in [0, 0.05) is 42.5 Å². The van der Waals surface area contributed by atoms with E-state index in [9.17, 15) is 0 Å². The molecular weight excluding hydrogens is 683 g/mol. The van der Waals surface area contributed by atoms with Gasteiger partial charge >= 0.3 is 0 Å². The molecule has 0 N–H and O–H groups in total. The topological polar surface area (TPSA) is 3.24 Å². The maximum atomic E-state index is 2.46.